The molecular weight excluding hydrogens is 380 g/mol. The number of nitrogens with one attached hydrogen (secondary N) is 2. The topological polar surface area (TPSA) is 76.7 Å². The van der Waals surface area contributed by atoms with Gasteiger partial charge in [0.15, 0.2) is 11.5 Å². The van der Waals surface area contributed by atoms with Crippen LogP contribution in [0.4, 0.5) is 5.69 Å². The first-order valence-electron chi connectivity index (χ1n) is 9.13. The van der Waals surface area contributed by atoms with Gasteiger partial charge in [-0.05, 0) is 56.2 Å². The highest BCUT2D eigenvalue weighted by Crippen LogP contribution is 2.38. The van der Waals surface area contributed by atoms with Crippen LogP contribution in [0.15, 0.2) is 30.3 Å². The maximum atomic E-state index is 12.5. The number of rotatable bonds is 5. The Balaban J connectivity index is 1.71. The van der Waals surface area contributed by atoms with E-state index < -0.39 is 0 Å². The highest BCUT2D eigenvalue weighted by atomic mass is 35.5. The molecule has 2 aromatic rings. The van der Waals surface area contributed by atoms with Crippen LogP contribution in [0.3, 0.4) is 0 Å². The SMILES string of the molecule is Cc1ccc(NC(=O)Cc2cc(Cl)c3c(c2)OCCO3)cc1C(=O)NC(C)C. The van der Waals surface area contributed by atoms with Crippen LogP contribution in [-0.2, 0) is 11.2 Å². The van der Waals surface area contributed by atoms with Crippen molar-refractivity contribution in [1.82, 2.24) is 5.32 Å². The number of ether oxygens (including phenoxy) is 2. The zero-order valence-electron chi connectivity index (χ0n) is 16.1. The smallest absolute Gasteiger partial charge is 0.251 e. The van der Waals surface area contributed by atoms with Crippen molar-refractivity contribution in [1.29, 1.82) is 0 Å². The van der Waals surface area contributed by atoms with Crippen LogP contribution in [0, 0.1) is 6.92 Å². The number of carbonyl (C=O) groups is 2. The van der Waals surface area contributed by atoms with E-state index in [9.17, 15) is 9.59 Å². The third-order valence-electron chi connectivity index (χ3n) is 4.21. The molecule has 6 nitrogen and oxygen atoms in total. The zero-order valence-corrected chi connectivity index (χ0v) is 16.9. The van der Waals surface area contributed by atoms with Crippen LogP contribution in [0.25, 0.3) is 0 Å². The summed E-state index contributed by atoms with van der Waals surface area (Å²) in [6, 6.07) is 8.76. The number of hydrogen-bond donors (Lipinski definition) is 2. The van der Waals surface area contributed by atoms with Crippen molar-refractivity contribution >= 4 is 29.1 Å². The van der Waals surface area contributed by atoms with Gasteiger partial charge in [0.1, 0.15) is 13.2 Å². The fraction of sp³-hybridized carbons (Fsp3) is 0.333. The summed E-state index contributed by atoms with van der Waals surface area (Å²) in [4.78, 5) is 24.8. The van der Waals surface area contributed by atoms with Gasteiger partial charge in [0.25, 0.3) is 5.91 Å². The van der Waals surface area contributed by atoms with Gasteiger partial charge in [-0.3, -0.25) is 9.59 Å². The van der Waals surface area contributed by atoms with Gasteiger partial charge in [0.2, 0.25) is 5.91 Å². The molecule has 0 atom stereocenters. The number of halogens is 1. The van der Waals surface area contributed by atoms with E-state index >= 15 is 0 Å². The van der Waals surface area contributed by atoms with Gasteiger partial charge in [0, 0.05) is 17.3 Å². The second-order valence-corrected chi connectivity index (χ2v) is 7.39. The molecule has 0 aliphatic carbocycles. The first-order valence-corrected chi connectivity index (χ1v) is 9.50. The number of anilines is 1. The molecule has 28 heavy (non-hydrogen) atoms. The van der Waals surface area contributed by atoms with Crippen LogP contribution in [0.2, 0.25) is 5.02 Å². The summed E-state index contributed by atoms with van der Waals surface area (Å²) in [5.74, 6) is 0.676. The van der Waals surface area contributed by atoms with E-state index in [1.54, 1.807) is 24.3 Å². The van der Waals surface area contributed by atoms with Gasteiger partial charge in [-0.15, -0.1) is 0 Å². The fourth-order valence-electron chi connectivity index (χ4n) is 2.94. The van der Waals surface area contributed by atoms with E-state index in [-0.39, 0.29) is 24.3 Å². The Morgan fingerprint density at radius 2 is 1.89 bits per heavy atom. The van der Waals surface area contributed by atoms with E-state index in [0.29, 0.717) is 41.0 Å². The molecule has 1 heterocycles. The van der Waals surface area contributed by atoms with Crippen molar-refractivity contribution in [3.63, 3.8) is 0 Å². The van der Waals surface area contributed by atoms with Gasteiger partial charge >= 0.3 is 0 Å². The Morgan fingerprint density at radius 1 is 1.14 bits per heavy atom. The summed E-state index contributed by atoms with van der Waals surface area (Å²) in [6.45, 7) is 6.56. The monoisotopic (exact) mass is 402 g/mol. The van der Waals surface area contributed by atoms with Crippen LogP contribution in [0.1, 0.15) is 35.3 Å². The predicted molar refractivity (Wildman–Crippen MR) is 109 cm³/mol. The van der Waals surface area contributed by atoms with E-state index in [1.165, 1.54) is 0 Å². The quantitative estimate of drug-likeness (QED) is 0.798. The Hall–Kier alpha value is -2.73. The van der Waals surface area contributed by atoms with E-state index in [0.717, 1.165) is 11.1 Å². The highest BCUT2D eigenvalue weighted by Gasteiger charge is 2.18. The highest BCUT2D eigenvalue weighted by molar-refractivity contribution is 6.32. The molecule has 0 fully saturated rings. The molecule has 0 unspecified atom stereocenters. The molecule has 0 saturated carbocycles. The molecule has 1 aliphatic heterocycles. The normalized spacial score (nSPS) is 12.6. The molecule has 2 aromatic carbocycles. The molecule has 0 saturated heterocycles. The third kappa shape index (κ3) is 4.75. The van der Waals surface area contributed by atoms with Crippen LogP contribution >= 0.6 is 11.6 Å². The largest absolute Gasteiger partial charge is 0.486 e. The maximum Gasteiger partial charge on any atom is 0.251 e. The Labute approximate surface area is 169 Å². The minimum absolute atomic E-state index is 0.0325. The summed E-state index contributed by atoms with van der Waals surface area (Å²) in [5.41, 5.74) is 2.66. The predicted octanol–water partition coefficient (Wildman–Crippen LogP) is 3.74. The van der Waals surface area contributed by atoms with Crippen LogP contribution in [-0.4, -0.2) is 31.1 Å². The molecule has 0 spiro atoms. The number of carbonyl (C=O) groups excluding carboxylic acids is 2. The summed E-state index contributed by atoms with van der Waals surface area (Å²) < 4.78 is 11.0. The molecule has 0 aromatic heterocycles. The summed E-state index contributed by atoms with van der Waals surface area (Å²) in [7, 11) is 0. The first kappa shape index (κ1) is 20.0. The molecule has 7 heteroatoms. The van der Waals surface area contributed by atoms with E-state index in [1.807, 2.05) is 26.8 Å². The van der Waals surface area contributed by atoms with E-state index in [2.05, 4.69) is 10.6 Å². The Morgan fingerprint density at radius 3 is 2.64 bits per heavy atom. The number of aryl methyl sites for hydroxylation is 1. The summed E-state index contributed by atoms with van der Waals surface area (Å²) >= 11 is 6.22. The second-order valence-electron chi connectivity index (χ2n) is 6.98. The Kier molecular flexibility index (Phi) is 6.09. The zero-order chi connectivity index (χ0) is 20.3. The van der Waals surface area contributed by atoms with Gasteiger partial charge in [-0.2, -0.15) is 0 Å². The number of amides is 2. The van der Waals surface area contributed by atoms with Gasteiger partial charge in [0.05, 0.1) is 11.4 Å². The molecule has 2 amide bonds. The average molecular weight is 403 g/mol. The molecule has 1 aliphatic rings. The molecule has 0 bridgehead atoms. The molecule has 0 radical (unpaired) electrons. The Bertz CT molecular complexity index is 912. The van der Waals surface area contributed by atoms with Crippen molar-refractivity contribution in [2.24, 2.45) is 0 Å². The third-order valence-corrected chi connectivity index (χ3v) is 4.49. The van der Waals surface area contributed by atoms with Crippen molar-refractivity contribution in [3.05, 3.63) is 52.0 Å². The van der Waals surface area contributed by atoms with Crippen molar-refractivity contribution in [3.8, 4) is 11.5 Å². The summed E-state index contributed by atoms with van der Waals surface area (Å²) in [6.07, 6.45) is 0.123. The van der Waals surface area contributed by atoms with Gasteiger partial charge in [-0.1, -0.05) is 17.7 Å². The number of fused-ring (bicyclic) bond motifs is 1. The van der Waals surface area contributed by atoms with Gasteiger partial charge in [-0.25, -0.2) is 0 Å². The lowest BCUT2D eigenvalue weighted by atomic mass is 10.1. The minimum Gasteiger partial charge on any atom is -0.486 e. The number of hydrogen-bond acceptors (Lipinski definition) is 4. The lowest BCUT2D eigenvalue weighted by molar-refractivity contribution is -0.115. The summed E-state index contributed by atoms with van der Waals surface area (Å²) in [5, 5.41) is 6.11. The second kappa shape index (κ2) is 8.52. The molecule has 3 rings (SSSR count). The van der Waals surface area contributed by atoms with Crippen molar-refractivity contribution in [2.45, 2.75) is 33.2 Å². The standard InChI is InChI=1S/C21H23ClN2O4/c1-12(2)23-21(26)16-11-15(5-4-13(16)3)24-19(25)10-14-8-17(22)20-18(9-14)27-6-7-28-20/h4-5,8-9,11-12H,6-7,10H2,1-3H3,(H,23,26)(H,24,25). The van der Waals surface area contributed by atoms with Crippen LogP contribution < -0.4 is 20.1 Å². The minimum atomic E-state index is -0.216. The molecule has 148 valence electrons. The fourth-order valence-corrected chi connectivity index (χ4v) is 3.23. The number of benzene rings is 2. The van der Waals surface area contributed by atoms with Gasteiger partial charge < -0.3 is 20.1 Å². The lowest BCUT2D eigenvalue weighted by Gasteiger charge is -2.20. The molecule has 2 N–H and O–H groups in total. The van der Waals surface area contributed by atoms with Crippen molar-refractivity contribution < 1.29 is 19.1 Å². The lowest BCUT2D eigenvalue weighted by Crippen LogP contribution is -2.30. The maximum absolute atomic E-state index is 12.5. The van der Waals surface area contributed by atoms with E-state index in [4.69, 9.17) is 21.1 Å². The average Bonchev–Trinajstić information content (AvgIpc) is 2.62. The van der Waals surface area contributed by atoms with Crippen molar-refractivity contribution in [2.75, 3.05) is 18.5 Å². The first-order chi connectivity index (χ1) is 13.3. The molecular formula is C21H23ClN2O4. The van der Waals surface area contributed by atoms with Crippen LogP contribution in [0.5, 0.6) is 11.5 Å².